The number of allylic oxidation sites excluding steroid dienone is 22. The zero-order chi connectivity index (χ0) is 29.8. The fraction of sp³-hybridized carbons (Fsp3) is 0.425. The SMILES string of the molecule is [CH2-][C@@]1(C)CCCC(C)=C1/C=C/C(C)=C/C=C/C(C)=C/C=C\C=C(C)\C=C/C=C(C)/C=C/C1=C(C)CCCC1(C)C. The van der Waals surface area contributed by atoms with Gasteiger partial charge in [0.25, 0.3) is 0 Å². The molecule has 0 saturated carbocycles. The lowest BCUT2D eigenvalue weighted by Crippen LogP contribution is -2.19. The summed E-state index contributed by atoms with van der Waals surface area (Å²) in [4.78, 5) is 0. The molecule has 0 unspecified atom stereocenters. The van der Waals surface area contributed by atoms with Crippen LogP contribution in [0.1, 0.15) is 101 Å². The van der Waals surface area contributed by atoms with E-state index in [2.05, 4.69) is 154 Å². The highest BCUT2D eigenvalue weighted by Crippen LogP contribution is 2.41. The second kappa shape index (κ2) is 15.8. The van der Waals surface area contributed by atoms with E-state index in [9.17, 15) is 0 Å². The van der Waals surface area contributed by atoms with E-state index in [1.807, 2.05) is 0 Å². The summed E-state index contributed by atoms with van der Waals surface area (Å²) in [7, 11) is 0. The van der Waals surface area contributed by atoms with Crippen molar-refractivity contribution in [2.45, 2.75) is 101 Å². The summed E-state index contributed by atoms with van der Waals surface area (Å²) in [6, 6.07) is 0. The first kappa shape index (κ1) is 33.3. The van der Waals surface area contributed by atoms with Gasteiger partial charge in [0.1, 0.15) is 0 Å². The van der Waals surface area contributed by atoms with Crippen LogP contribution >= 0.6 is 0 Å². The fourth-order valence-electron chi connectivity index (χ4n) is 5.65. The Labute approximate surface area is 247 Å². The minimum Gasteiger partial charge on any atom is -0.333 e. The molecule has 0 aromatic carbocycles. The Hall–Kier alpha value is -2.86. The van der Waals surface area contributed by atoms with Crippen LogP contribution in [0.2, 0.25) is 0 Å². The molecule has 216 valence electrons. The maximum absolute atomic E-state index is 4.45. The Morgan fingerprint density at radius 3 is 1.45 bits per heavy atom. The van der Waals surface area contributed by atoms with Gasteiger partial charge in [0.05, 0.1) is 0 Å². The van der Waals surface area contributed by atoms with Gasteiger partial charge in [0.2, 0.25) is 0 Å². The highest BCUT2D eigenvalue weighted by molar-refractivity contribution is 5.39. The van der Waals surface area contributed by atoms with Crippen molar-refractivity contribution in [1.29, 1.82) is 0 Å². The van der Waals surface area contributed by atoms with Gasteiger partial charge in [-0.15, -0.1) is 5.41 Å². The molecule has 0 bridgehead atoms. The largest absolute Gasteiger partial charge is 0.333 e. The van der Waals surface area contributed by atoms with Crippen molar-refractivity contribution in [1.82, 2.24) is 0 Å². The second-order valence-electron chi connectivity index (χ2n) is 13.0. The van der Waals surface area contributed by atoms with Gasteiger partial charge in [-0.25, -0.2) is 0 Å². The summed E-state index contributed by atoms with van der Waals surface area (Å²) in [6.45, 7) is 24.6. The summed E-state index contributed by atoms with van der Waals surface area (Å²) in [5.74, 6) is 0. The van der Waals surface area contributed by atoms with E-state index in [-0.39, 0.29) is 10.8 Å². The van der Waals surface area contributed by atoms with E-state index in [1.54, 1.807) is 5.57 Å². The zero-order valence-electron chi connectivity index (χ0n) is 27.0. The third kappa shape index (κ3) is 11.3. The maximum Gasteiger partial charge on any atom is -0.0104 e. The Morgan fingerprint density at radius 2 is 0.975 bits per heavy atom. The van der Waals surface area contributed by atoms with Gasteiger partial charge < -0.3 is 6.92 Å². The van der Waals surface area contributed by atoms with Crippen LogP contribution in [0.4, 0.5) is 0 Å². The van der Waals surface area contributed by atoms with E-state index in [0.29, 0.717) is 0 Å². The first-order chi connectivity index (χ1) is 18.8. The van der Waals surface area contributed by atoms with Gasteiger partial charge >= 0.3 is 0 Å². The first-order valence-corrected chi connectivity index (χ1v) is 15.2. The van der Waals surface area contributed by atoms with E-state index >= 15 is 0 Å². The van der Waals surface area contributed by atoms with E-state index in [0.717, 1.165) is 0 Å². The maximum atomic E-state index is 4.45. The van der Waals surface area contributed by atoms with Crippen LogP contribution in [-0.2, 0) is 0 Å². The number of hydrogen-bond donors (Lipinski definition) is 0. The Bertz CT molecular complexity index is 1120. The van der Waals surface area contributed by atoms with Crippen molar-refractivity contribution in [3.05, 3.63) is 137 Å². The minimum atomic E-state index is 0.0411. The van der Waals surface area contributed by atoms with Gasteiger partial charge in [-0.05, 0) is 78.2 Å². The van der Waals surface area contributed by atoms with Crippen LogP contribution in [0.5, 0.6) is 0 Å². The third-order valence-corrected chi connectivity index (χ3v) is 8.22. The lowest BCUT2D eigenvalue weighted by molar-refractivity contribution is 0.377. The Kier molecular flexibility index (Phi) is 13.2. The molecule has 2 aliphatic rings. The van der Waals surface area contributed by atoms with Crippen LogP contribution in [0.3, 0.4) is 0 Å². The molecule has 2 aliphatic carbocycles. The van der Waals surface area contributed by atoms with Crippen LogP contribution in [0, 0.1) is 17.8 Å². The molecular weight excluding hydrogens is 480 g/mol. The molecule has 0 radical (unpaired) electrons. The molecule has 0 heterocycles. The lowest BCUT2D eigenvalue weighted by atomic mass is 9.72. The molecule has 1 atom stereocenters. The highest BCUT2D eigenvalue weighted by Gasteiger charge is 2.26. The van der Waals surface area contributed by atoms with E-state index in [1.165, 1.54) is 77.5 Å². The minimum absolute atomic E-state index is 0.0411. The molecule has 0 saturated heterocycles. The van der Waals surface area contributed by atoms with Crippen molar-refractivity contribution in [2.75, 3.05) is 0 Å². The van der Waals surface area contributed by atoms with Crippen LogP contribution in [0.25, 0.3) is 0 Å². The number of rotatable bonds is 10. The van der Waals surface area contributed by atoms with Gasteiger partial charge in [-0.2, -0.15) is 0 Å². The summed E-state index contributed by atoms with van der Waals surface area (Å²) in [6.07, 6.45) is 38.0. The quantitative estimate of drug-likeness (QED) is 0.193. The van der Waals surface area contributed by atoms with Crippen LogP contribution < -0.4 is 0 Å². The molecule has 0 N–H and O–H groups in total. The van der Waals surface area contributed by atoms with Crippen molar-refractivity contribution in [3.63, 3.8) is 0 Å². The zero-order valence-corrected chi connectivity index (χ0v) is 27.0. The van der Waals surface area contributed by atoms with Gasteiger partial charge in [-0.3, -0.25) is 0 Å². The molecule has 0 amide bonds. The molecule has 0 heteroatoms. The van der Waals surface area contributed by atoms with Gasteiger partial charge in [0, 0.05) is 0 Å². The first-order valence-electron chi connectivity index (χ1n) is 15.2. The van der Waals surface area contributed by atoms with E-state index in [4.69, 9.17) is 0 Å². The van der Waals surface area contributed by atoms with Crippen molar-refractivity contribution >= 4 is 0 Å². The molecule has 40 heavy (non-hydrogen) atoms. The average molecular weight is 536 g/mol. The normalized spacial score (nSPS) is 24.4. The molecule has 0 aliphatic heterocycles. The third-order valence-electron chi connectivity index (χ3n) is 8.22. The van der Waals surface area contributed by atoms with Crippen molar-refractivity contribution < 1.29 is 0 Å². The average Bonchev–Trinajstić information content (AvgIpc) is 2.85. The fourth-order valence-corrected chi connectivity index (χ4v) is 5.65. The predicted molar refractivity (Wildman–Crippen MR) is 181 cm³/mol. The van der Waals surface area contributed by atoms with Crippen LogP contribution in [-0.4, -0.2) is 0 Å². The summed E-state index contributed by atoms with van der Waals surface area (Å²) in [5.41, 5.74) is 11.3. The molecule has 2 rings (SSSR count). The molecule has 0 nitrogen and oxygen atoms in total. The molecule has 0 aromatic rings. The Morgan fingerprint density at radius 1 is 0.575 bits per heavy atom. The topological polar surface area (TPSA) is 0 Å². The standard InChI is InChI=1S/C40H55/c1-31(19-13-21-33(3)25-27-37-35(5)23-15-29-39(37,7)8)17-11-12-18-32(2)20-14-22-34(4)26-28-38-36(6)24-16-30-40(38,9)10/h11-14,17-22,25-28H,7,15-16,23-24,29-30H2,1-6,8-10H3/q-1/b12-11-,19-13+,20-14-,27-25+,28-26+,31-17+,32-18+,33-21+,34-22+/t39-/m1/s1. The smallest absolute Gasteiger partial charge is 0.0104 e. The Balaban J connectivity index is 1.89. The van der Waals surface area contributed by atoms with Crippen LogP contribution in [0.15, 0.2) is 130 Å². The monoisotopic (exact) mass is 535 g/mol. The summed E-state index contributed by atoms with van der Waals surface area (Å²) < 4.78 is 0. The summed E-state index contributed by atoms with van der Waals surface area (Å²) >= 11 is 0. The number of hydrogen-bond acceptors (Lipinski definition) is 0. The predicted octanol–water partition coefficient (Wildman–Crippen LogP) is 12.4. The van der Waals surface area contributed by atoms with Crippen molar-refractivity contribution in [3.8, 4) is 0 Å². The molecule has 0 fully saturated rings. The molecular formula is C40H55-. The second-order valence-corrected chi connectivity index (χ2v) is 13.0. The van der Waals surface area contributed by atoms with Gasteiger partial charge in [-0.1, -0.05) is 158 Å². The molecule has 0 spiro atoms. The summed E-state index contributed by atoms with van der Waals surface area (Å²) in [5, 5.41) is 0. The van der Waals surface area contributed by atoms with Gasteiger partial charge in [0.15, 0.2) is 0 Å². The highest BCUT2D eigenvalue weighted by atomic mass is 14.3. The van der Waals surface area contributed by atoms with Crippen molar-refractivity contribution in [2.24, 2.45) is 10.8 Å². The van der Waals surface area contributed by atoms with E-state index < -0.39 is 0 Å². The lowest BCUT2D eigenvalue weighted by Gasteiger charge is -2.39. The molecule has 0 aromatic heterocycles.